The average molecular weight is 639 g/mol. The van der Waals surface area contributed by atoms with Crippen molar-refractivity contribution >= 4 is 30.0 Å². The molecule has 5 atom stereocenters. The highest BCUT2D eigenvalue weighted by molar-refractivity contribution is 5.96. The minimum absolute atomic E-state index is 0.00316. The largest absolute Gasteiger partial charge is 0.479 e. The van der Waals surface area contributed by atoms with E-state index in [4.69, 9.17) is 14.2 Å². The topological polar surface area (TPSA) is 164 Å². The van der Waals surface area contributed by atoms with Crippen molar-refractivity contribution in [2.45, 2.75) is 94.2 Å². The van der Waals surface area contributed by atoms with E-state index in [9.17, 15) is 29.1 Å². The molecular weight excluding hydrogens is 596 g/mol. The Hall–Kier alpha value is -4.13. The number of alkyl carbamates (subject to hydrolysis) is 1. The number of ether oxygens (including phenoxy) is 3. The zero-order valence-electron chi connectivity index (χ0n) is 25.9. The van der Waals surface area contributed by atoms with Gasteiger partial charge < -0.3 is 39.8 Å². The second-order valence-corrected chi connectivity index (χ2v) is 12.9. The predicted molar refractivity (Wildman–Crippen MR) is 162 cm³/mol. The van der Waals surface area contributed by atoms with Crippen molar-refractivity contribution < 1.29 is 43.3 Å². The van der Waals surface area contributed by atoms with Gasteiger partial charge in [0.2, 0.25) is 11.8 Å². The molecule has 6 rings (SSSR count). The van der Waals surface area contributed by atoms with Crippen LogP contribution in [-0.4, -0.2) is 101 Å². The SMILES string of the molecule is O=C(N[C@H]1CCCC/C=C\[C@@H]2C[C@@]2(C(=O)O)NC(=O)[C@@H]2C[C@@H](OC(=O)N3CCc4ccccc4C3)CN2C1=O)OC1CCOCC1. The maximum absolute atomic E-state index is 14.1. The number of hydrogen-bond acceptors (Lipinski definition) is 8. The molecule has 3 fully saturated rings. The van der Waals surface area contributed by atoms with Gasteiger partial charge in [0.1, 0.15) is 29.8 Å². The van der Waals surface area contributed by atoms with Crippen molar-refractivity contribution in [2.24, 2.45) is 5.92 Å². The van der Waals surface area contributed by atoms with Crippen LogP contribution in [0.25, 0.3) is 0 Å². The van der Waals surface area contributed by atoms with Gasteiger partial charge in [-0.2, -0.15) is 0 Å². The molecule has 0 spiro atoms. The van der Waals surface area contributed by atoms with Crippen LogP contribution in [0, 0.1) is 5.92 Å². The van der Waals surface area contributed by atoms with Gasteiger partial charge in [0.15, 0.2) is 0 Å². The van der Waals surface area contributed by atoms with Crippen LogP contribution >= 0.6 is 0 Å². The summed E-state index contributed by atoms with van der Waals surface area (Å²) in [5, 5.41) is 15.5. The zero-order valence-corrected chi connectivity index (χ0v) is 25.9. The van der Waals surface area contributed by atoms with Crippen LogP contribution < -0.4 is 10.6 Å². The quantitative estimate of drug-likeness (QED) is 0.421. The van der Waals surface area contributed by atoms with Gasteiger partial charge in [0, 0.05) is 38.3 Å². The molecule has 0 unspecified atom stereocenters. The molecule has 0 radical (unpaired) electrons. The number of carbonyl (C=O) groups is 5. The lowest BCUT2D eigenvalue weighted by Crippen LogP contribution is -2.56. The molecule has 1 aliphatic carbocycles. The van der Waals surface area contributed by atoms with E-state index in [0.717, 1.165) is 12.0 Å². The van der Waals surface area contributed by atoms with Crippen molar-refractivity contribution in [3.63, 3.8) is 0 Å². The standard InChI is InChI=1S/C33H42N4O9/c38-28-27-17-25(46-32(43)36-14-11-21-7-5-6-8-22(21)19-36)20-37(27)29(39)26(34-31(42)45-24-12-15-44-16-13-24)10-4-2-1-3-9-23-18-33(23,35-28)30(40)41/h3,5-9,23-27H,1-2,4,10-20H2,(H,34,42)(H,35,38)(H,40,41)/b9-3-/t23-,25-,26+,27+,33-/m1/s1. The summed E-state index contributed by atoms with van der Waals surface area (Å²) in [4.78, 5) is 69.3. The molecule has 4 aliphatic heterocycles. The van der Waals surface area contributed by atoms with Crippen LogP contribution in [-0.2, 0) is 41.6 Å². The third-order valence-corrected chi connectivity index (χ3v) is 9.76. The smallest absolute Gasteiger partial charge is 0.410 e. The Bertz CT molecular complexity index is 1380. The number of nitrogens with one attached hydrogen (secondary N) is 2. The molecule has 2 saturated heterocycles. The van der Waals surface area contributed by atoms with E-state index in [2.05, 4.69) is 10.6 Å². The summed E-state index contributed by atoms with van der Waals surface area (Å²) in [6.45, 7) is 1.78. The van der Waals surface area contributed by atoms with E-state index in [-0.39, 0.29) is 31.4 Å². The Morgan fingerprint density at radius 1 is 1.02 bits per heavy atom. The number of nitrogens with zero attached hydrogens (tertiary/aromatic N) is 2. The predicted octanol–water partition coefficient (Wildman–Crippen LogP) is 2.51. The number of carbonyl (C=O) groups excluding carboxylic acids is 4. The summed E-state index contributed by atoms with van der Waals surface area (Å²) in [5.41, 5.74) is 0.768. The van der Waals surface area contributed by atoms with Crippen molar-refractivity contribution in [2.75, 3.05) is 26.3 Å². The van der Waals surface area contributed by atoms with E-state index in [1.165, 1.54) is 10.5 Å². The molecule has 5 aliphatic rings. The molecule has 1 saturated carbocycles. The first-order valence-electron chi connectivity index (χ1n) is 16.3. The van der Waals surface area contributed by atoms with Crippen LogP contribution in [0.4, 0.5) is 9.59 Å². The lowest BCUT2D eigenvalue weighted by molar-refractivity contribution is -0.145. The number of aliphatic carboxylic acids is 1. The molecule has 0 bridgehead atoms. The summed E-state index contributed by atoms with van der Waals surface area (Å²) in [7, 11) is 0. The number of carboxylic acids is 1. The molecule has 13 nitrogen and oxygen atoms in total. The maximum Gasteiger partial charge on any atom is 0.410 e. The fraction of sp³-hybridized carbons (Fsp3) is 0.606. The third-order valence-electron chi connectivity index (χ3n) is 9.76. The fourth-order valence-corrected chi connectivity index (χ4v) is 6.96. The molecule has 0 aromatic heterocycles. The summed E-state index contributed by atoms with van der Waals surface area (Å²) in [6, 6.07) is 5.83. The van der Waals surface area contributed by atoms with Crippen LogP contribution in [0.3, 0.4) is 0 Å². The van der Waals surface area contributed by atoms with Gasteiger partial charge >= 0.3 is 18.2 Å². The number of allylic oxidation sites excluding steroid dienone is 1. The lowest BCUT2D eigenvalue weighted by atomic mass is 10.0. The molecular formula is C33H42N4O9. The van der Waals surface area contributed by atoms with E-state index in [0.29, 0.717) is 64.8 Å². The van der Waals surface area contributed by atoms with Gasteiger partial charge in [-0.15, -0.1) is 0 Å². The number of benzene rings is 1. The molecule has 1 aromatic carbocycles. The molecule has 248 valence electrons. The summed E-state index contributed by atoms with van der Waals surface area (Å²) >= 11 is 0. The van der Waals surface area contributed by atoms with Crippen LogP contribution in [0.2, 0.25) is 0 Å². The first kappa shape index (κ1) is 31.8. The van der Waals surface area contributed by atoms with E-state index in [1.807, 2.05) is 36.4 Å². The van der Waals surface area contributed by atoms with Gasteiger partial charge in [-0.1, -0.05) is 42.8 Å². The van der Waals surface area contributed by atoms with E-state index >= 15 is 0 Å². The normalized spacial score (nSPS) is 30.9. The highest BCUT2D eigenvalue weighted by Crippen LogP contribution is 2.45. The van der Waals surface area contributed by atoms with Crippen molar-refractivity contribution in [3.05, 3.63) is 47.5 Å². The molecule has 4 heterocycles. The second kappa shape index (κ2) is 13.7. The molecule has 1 aromatic rings. The van der Waals surface area contributed by atoms with Crippen LogP contribution in [0.15, 0.2) is 36.4 Å². The summed E-state index contributed by atoms with van der Waals surface area (Å²) in [6.07, 6.45) is 5.75. The minimum Gasteiger partial charge on any atom is -0.479 e. The molecule has 13 heteroatoms. The number of amides is 4. The van der Waals surface area contributed by atoms with Crippen LogP contribution in [0.1, 0.15) is 62.5 Å². The highest BCUT2D eigenvalue weighted by Gasteiger charge is 2.61. The molecule has 4 amide bonds. The molecule has 46 heavy (non-hydrogen) atoms. The summed E-state index contributed by atoms with van der Waals surface area (Å²) < 4.78 is 16.8. The summed E-state index contributed by atoms with van der Waals surface area (Å²) in [5.74, 6) is -2.62. The zero-order chi connectivity index (χ0) is 32.3. The maximum atomic E-state index is 14.1. The van der Waals surface area contributed by atoms with Gasteiger partial charge in [0.05, 0.1) is 19.8 Å². The van der Waals surface area contributed by atoms with Crippen molar-refractivity contribution in [3.8, 4) is 0 Å². The van der Waals surface area contributed by atoms with Gasteiger partial charge in [-0.25, -0.2) is 14.4 Å². The Morgan fingerprint density at radius 3 is 2.59 bits per heavy atom. The second-order valence-electron chi connectivity index (χ2n) is 12.9. The minimum atomic E-state index is -1.45. The average Bonchev–Trinajstić information content (AvgIpc) is 3.59. The number of carboxylic acid groups (broad SMARTS) is 1. The lowest BCUT2D eigenvalue weighted by Gasteiger charge is -2.30. The monoisotopic (exact) mass is 638 g/mol. The van der Waals surface area contributed by atoms with Gasteiger partial charge in [-0.3, -0.25) is 9.59 Å². The Labute approximate surface area is 267 Å². The fourth-order valence-electron chi connectivity index (χ4n) is 6.96. The Kier molecular flexibility index (Phi) is 9.48. The first-order valence-corrected chi connectivity index (χ1v) is 16.3. The Balaban J connectivity index is 1.19. The van der Waals surface area contributed by atoms with Crippen molar-refractivity contribution in [1.29, 1.82) is 0 Å². The van der Waals surface area contributed by atoms with Crippen LogP contribution in [0.5, 0.6) is 0 Å². The van der Waals surface area contributed by atoms with E-state index < -0.39 is 53.7 Å². The highest BCUT2D eigenvalue weighted by atomic mass is 16.6. The number of hydrogen-bond donors (Lipinski definition) is 3. The van der Waals surface area contributed by atoms with Crippen molar-refractivity contribution in [1.82, 2.24) is 20.4 Å². The number of fused-ring (bicyclic) bond motifs is 3. The van der Waals surface area contributed by atoms with Gasteiger partial charge in [0.25, 0.3) is 0 Å². The van der Waals surface area contributed by atoms with Gasteiger partial charge in [-0.05, 0) is 43.2 Å². The molecule has 3 N–H and O–H groups in total. The third kappa shape index (κ3) is 6.98. The first-order chi connectivity index (χ1) is 22.2. The number of rotatable bonds is 4. The Morgan fingerprint density at radius 2 is 1.80 bits per heavy atom. The van der Waals surface area contributed by atoms with E-state index in [1.54, 1.807) is 4.90 Å².